The second-order valence-electron chi connectivity index (χ2n) is 3.99. The standard InChI is InChI=1S/C14H10ClNO4S/c1-20-14(17)13-8-11(16(18)19)12(21-13)7-4-9-2-5-10(15)6-3-9/h2-8H,1H3. The lowest BCUT2D eigenvalue weighted by atomic mass is 10.2. The number of halogens is 1. The Hall–Kier alpha value is -2.18. The van der Waals surface area contributed by atoms with E-state index in [1.165, 1.54) is 13.2 Å². The van der Waals surface area contributed by atoms with E-state index < -0.39 is 10.9 Å². The fourth-order valence-electron chi connectivity index (χ4n) is 1.60. The SMILES string of the molecule is COC(=O)c1cc([N+](=O)[O-])c(C=Cc2ccc(Cl)cc2)s1. The largest absolute Gasteiger partial charge is 0.465 e. The summed E-state index contributed by atoms with van der Waals surface area (Å²) in [6.07, 6.45) is 3.31. The number of ether oxygens (including phenoxy) is 1. The van der Waals surface area contributed by atoms with Gasteiger partial charge >= 0.3 is 5.97 Å². The molecule has 0 atom stereocenters. The van der Waals surface area contributed by atoms with Crippen molar-refractivity contribution in [2.45, 2.75) is 0 Å². The van der Waals surface area contributed by atoms with Gasteiger partial charge in [0.1, 0.15) is 9.75 Å². The molecule has 2 aromatic rings. The van der Waals surface area contributed by atoms with Gasteiger partial charge in [-0.3, -0.25) is 10.1 Å². The average molecular weight is 324 g/mol. The zero-order valence-electron chi connectivity index (χ0n) is 10.9. The molecule has 2 rings (SSSR count). The first-order valence-electron chi connectivity index (χ1n) is 5.81. The molecule has 0 bridgehead atoms. The van der Waals surface area contributed by atoms with Crippen molar-refractivity contribution >= 4 is 46.7 Å². The number of carbonyl (C=O) groups excluding carboxylic acids is 1. The summed E-state index contributed by atoms with van der Waals surface area (Å²) < 4.78 is 4.57. The first-order chi connectivity index (χ1) is 10.0. The maximum Gasteiger partial charge on any atom is 0.348 e. The molecule has 1 heterocycles. The summed E-state index contributed by atoms with van der Waals surface area (Å²) in [4.78, 5) is 22.5. The van der Waals surface area contributed by atoms with Gasteiger partial charge in [-0.1, -0.05) is 29.8 Å². The van der Waals surface area contributed by atoms with E-state index in [2.05, 4.69) is 4.74 Å². The number of esters is 1. The van der Waals surface area contributed by atoms with Crippen LogP contribution in [0.5, 0.6) is 0 Å². The maximum absolute atomic E-state index is 11.4. The summed E-state index contributed by atoms with van der Waals surface area (Å²) >= 11 is 6.80. The van der Waals surface area contributed by atoms with Crippen LogP contribution in [0.2, 0.25) is 5.02 Å². The van der Waals surface area contributed by atoms with E-state index in [4.69, 9.17) is 11.6 Å². The van der Waals surface area contributed by atoms with Crippen LogP contribution >= 0.6 is 22.9 Å². The lowest BCUT2D eigenvalue weighted by Crippen LogP contribution is -1.97. The highest BCUT2D eigenvalue weighted by molar-refractivity contribution is 7.15. The molecule has 0 aliphatic carbocycles. The number of hydrogen-bond donors (Lipinski definition) is 0. The third-order valence-corrected chi connectivity index (χ3v) is 3.94. The number of thiophene rings is 1. The summed E-state index contributed by atoms with van der Waals surface area (Å²) in [6.45, 7) is 0. The number of methoxy groups -OCH3 is 1. The number of carbonyl (C=O) groups is 1. The molecular formula is C14H10ClNO4S. The Morgan fingerprint density at radius 2 is 2.00 bits per heavy atom. The minimum absolute atomic E-state index is 0.120. The van der Waals surface area contributed by atoms with Crippen molar-refractivity contribution in [3.63, 3.8) is 0 Å². The molecule has 0 radical (unpaired) electrons. The fourth-order valence-corrected chi connectivity index (χ4v) is 2.68. The first kappa shape index (κ1) is 15.2. The topological polar surface area (TPSA) is 69.4 Å². The molecule has 0 fully saturated rings. The Bertz CT molecular complexity index is 706. The monoisotopic (exact) mass is 323 g/mol. The lowest BCUT2D eigenvalue weighted by molar-refractivity contribution is -0.384. The minimum atomic E-state index is -0.589. The van der Waals surface area contributed by atoms with E-state index >= 15 is 0 Å². The Kier molecular flexibility index (Phi) is 4.72. The van der Waals surface area contributed by atoms with Crippen LogP contribution in [0, 0.1) is 10.1 Å². The quantitative estimate of drug-likeness (QED) is 0.478. The average Bonchev–Trinajstić information content (AvgIpc) is 2.90. The zero-order chi connectivity index (χ0) is 15.4. The van der Waals surface area contributed by atoms with Crippen LogP contribution < -0.4 is 0 Å². The fraction of sp³-hybridized carbons (Fsp3) is 0.0714. The smallest absolute Gasteiger partial charge is 0.348 e. The van der Waals surface area contributed by atoms with E-state index in [0.29, 0.717) is 9.90 Å². The Morgan fingerprint density at radius 3 is 2.57 bits per heavy atom. The van der Waals surface area contributed by atoms with Gasteiger partial charge in [0.05, 0.1) is 12.0 Å². The van der Waals surface area contributed by atoms with Crippen LogP contribution in [0.25, 0.3) is 12.2 Å². The molecule has 21 heavy (non-hydrogen) atoms. The number of nitrogens with zero attached hydrogens (tertiary/aromatic N) is 1. The Morgan fingerprint density at radius 1 is 1.33 bits per heavy atom. The van der Waals surface area contributed by atoms with E-state index in [9.17, 15) is 14.9 Å². The molecule has 0 unspecified atom stereocenters. The van der Waals surface area contributed by atoms with Gasteiger partial charge in [0.15, 0.2) is 0 Å². The van der Waals surface area contributed by atoms with E-state index in [0.717, 1.165) is 16.9 Å². The summed E-state index contributed by atoms with van der Waals surface area (Å²) in [5.74, 6) is -0.589. The van der Waals surface area contributed by atoms with E-state index in [-0.39, 0.29) is 10.6 Å². The number of rotatable bonds is 4. The van der Waals surface area contributed by atoms with Gasteiger partial charge < -0.3 is 4.74 Å². The molecular weight excluding hydrogens is 314 g/mol. The summed E-state index contributed by atoms with van der Waals surface area (Å²) in [5, 5.41) is 11.6. The van der Waals surface area contributed by atoms with E-state index in [1.54, 1.807) is 36.4 Å². The first-order valence-corrected chi connectivity index (χ1v) is 7.01. The van der Waals surface area contributed by atoms with Gasteiger partial charge in [-0.05, 0) is 23.8 Å². The molecule has 0 saturated carbocycles. The lowest BCUT2D eigenvalue weighted by Gasteiger charge is -1.93. The van der Waals surface area contributed by atoms with Crippen LogP contribution in [0.3, 0.4) is 0 Å². The van der Waals surface area contributed by atoms with Crippen LogP contribution in [0.1, 0.15) is 20.1 Å². The third kappa shape index (κ3) is 3.68. The van der Waals surface area contributed by atoms with Gasteiger partial charge in [-0.15, -0.1) is 11.3 Å². The highest BCUT2D eigenvalue weighted by atomic mass is 35.5. The predicted octanol–water partition coefficient (Wildman–Crippen LogP) is 4.27. The van der Waals surface area contributed by atoms with Crippen molar-refractivity contribution in [2.75, 3.05) is 7.11 Å². The Balaban J connectivity index is 2.33. The molecule has 0 spiro atoms. The minimum Gasteiger partial charge on any atom is -0.465 e. The zero-order valence-corrected chi connectivity index (χ0v) is 12.5. The Labute approximate surface area is 129 Å². The van der Waals surface area contributed by atoms with E-state index in [1.807, 2.05) is 0 Å². The molecule has 0 amide bonds. The highest BCUT2D eigenvalue weighted by Crippen LogP contribution is 2.31. The van der Waals surface area contributed by atoms with Crippen molar-refractivity contribution < 1.29 is 14.5 Å². The number of hydrogen-bond acceptors (Lipinski definition) is 5. The van der Waals surface area contributed by atoms with Gasteiger partial charge in [0.25, 0.3) is 5.69 Å². The molecule has 108 valence electrons. The molecule has 0 aliphatic rings. The summed E-state index contributed by atoms with van der Waals surface area (Å²) in [5.41, 5.74) is 0.729. The van der Waals surface area contributed by atoms with Crippen LogP contribution in [-0.2, 0) is 4.74 Å². The van der Waals surface area contributed by atoms with Crippen LogP contribution in [0.15, 0.2) is 30.3 Å². The molecule has 0 aliphatic heterocycles. The normalized spacial score (nSPS) is 10.8. The second kappa shape index (κ2) is 6.51. The van der Waals surface area contributed by atoms with Gasteiger partial charge in [-0.25, -0.2) is 4.79 Å². The molecule has 0 saturated heterocycles. The van der Waals surface area contributed by atoms with Crippen molar-refractivity contribution in [2.24, 2.45) is 0 Å². The molecule has 1 aromatic heterocycles. The van der Waals surface area contributed by atoms with Crippen LogP contribution in [-0.4, -0.2) is 18.0 Å². The van der Waals surface area contributed by atoms with Crippen molar-refractivity contribution in [3.05, 3.63) is 60.8 Å². The van der Waals surface area contributed by atoms with Crippen molar-refractivity contribution in [1.82, 2.24) is 0 Å². The predicted molar refractivity (Wildman–Crippen MR) is 82.7 cm³/mol. The highest BCUT2D eigenvalue weighted by Gasteiger charge is 2.21. The molecule has 7 heteroatoms. The summed E-state index contributed by atoms with van der Waals surface area (Å²) in [7, 11) is 1.23. The van der Waals surface area contributed by atoms with Crippen LogP contribution in [0.4, 0.5) is 5.69 Å². The number of nitro groups is 1. The third-order valence-electron chi connectivity index (χ3n) is 2.62. The van der Waals surface area contributed by atoms with Crippen molar-refractivity contribution in [1.29, 1.82) is 0 Å². The second-order valence-corrected chi connectivity index (χ2v) is 5.51. The summed E-state index contributed by atoms with van der Waals surface area (Å²) in [6, 6.07) is 8.25. The van der Waals surface area contributed by atoms with Gasteiger partial charge in [0.2, 0.25) is 0 Å². The van der Waals surface area contributed by atoms with Crippen molar-refractivity contribution in [3.8, 4) is 0 Å². The van der Waals surface area contributed by atoms with Gasteiger partial charge in [0, 0.05) is 11.1 Å². The number of benzene rings is 1. The van der Waals surface area contributed by atoms with Gasteiger partial charge in [-0.2, -0.15) is 0 Å². The molecule has 5 nitrogen and oxygen atoms in total. The molecule has 1 aromatic carbocycles. The molecule has 0 N–H and O–H groups in total. The maximum atomic E-state index is 11.4.